The molecule has 1 aliphatic heterocycles. The molecule has 0 bridgehead atoms. The van der Waals surface area contributed by atoms with Crippen molar-refractivity contribution < 1.29 is 4.74 Å². The Labute approximate surface area is 141 Å². The van der Waals surface area contributed by atoms with Crippen LogP contribution in [0.2, 0.25) is 0 Å². The van der Waals surface area contributed by atoms with Crippen LogP contribution in [0.1, 0.15) is 18.4 Å². The smallest absolute Gasteiger partial charge is 0.123 e. The average molecular weight is 377 g/mol. The van der Waals surface area contributed by atoms with Gasteiger partial charge in [-0.25, -0.2) is 0 Å². The van der Waals surface area contributed by atoms with E-state index in [0.29, 0.717) is 23.5 Å². The van der Waals surface area contributed by atoms with Crippen LogP contribution in [0, 0.1) is 34.0 Å². The third-order valence-electron chi connectivity index (χ3n) is 3.28. The Balaban J connectivity index is 2.68. The molecule has 1 aliphatic rings. The van der Waals surface area contributed by atoms with Crippen molar-refractivity contribution in [1.29, 1.82) is 15.9 Å². The number of halogens is 1. The molecule has 22 heavy (non-hydrogen) atoms. The Bertz CT molecular complexity index is 732. The summed E-state index contributed by atoms with van der Waals surface area (Å²) in [4.78, 5) is 0. The number of nitrogens with two attached hydrogens (primary N) is 1. The van der Waals surface area contributed by atoms with E-state index in [1.165, 1.54) is 0 Å². The molecule has 2 atom stereocenters. The predicted octanol–water partition coefficient (Wildman–Crippen LogP) is 3.49. The van der Waals surface area contributed by atoms with E-state index in [1.54, 1.807) is 6.07 Å². The highest BCUT2D eigenvalue weighted by Gasteiger charge is 2.38. The van der Waals surface area contributed by atoms with E-state index in [9.17, 15) is 10.5 Å². The fourth-order valence-corrected chi connectivity index (χ4v) is 3.56. The maximum Gasteiger partial charge on any atom is 0.123 e. The number of hydrogen-bond acceptors (Lipinski definition) is 6. The molecular weight excluding hydrogens is 364 g/mol. The summed E-state index contributed by atoms with van der Waals surface area (Å²) < 4.78 is 6.43. The predicted molar refractivity (Wildman–Crippen MR) is 89.3 cm³/mol. The second kappa shape index (κ2) is 6.87. The SMILES string of the molecule is CCOc1ccc(Br)cc1[C@H]1C(C#N)=C(N)SC(=N)[C@@H]1C#N. The zero-order chi connectivity index (χ0) is 16.3. The van der Waals surface area contributed by atoms with E-state index < -0.39 is 11.8 Å². The lowest BCUT2D eigenvalue weighted by Gasteiger charge is -2.29. The first-order valence-corrected chi connectivity index (χ1v) is 8.12. The van der Waals surface area contributed by atoms with E-state index in [1.807, 2.05) is 19.1 Å². The second-order valence-electron chi connectivity index (χ2n) is 4.56. The molecule has 0 unspecified atom stereocenters. The van der Waals surface area contributed by atoms with Crippen molar-refractivity contribution >= 4 is 32.7 Å². The van der Waals surface area contributed by atoms with E-state index in [4.69, 9.17) is 15.9 Å². The molecule has 0 aliphatic carbocycles. The highest BCUT2D eigenvalue weighted by molar-refractivity contribution is 9.10. The van der Waals surface area contributed by atoms with Crippen LogP contribution >= 0.6 is 27.7 Å². The highest BCUT2D eigenvalue weighted by Crippen LogP contribution is 2.45. The van der Waals surface area contributed by atoms with Gasteiger partial charge in [-0.2, -0.15) is 10.5 Å². The molecule has 0 radical (unpaired) electrons. The molecule has 0 spiro atoms. The molecule has 2 rings (SSSR count). The van der Waals surface area contributed by atoms with Gasteiger partial charge < -0.3 is 10.5 Å². The maximum atomic E-state index is 9.45. The van der Waals surface area contributed by atoms with Crippen LogP contribution in [-0.4, -0.2) is 11.7 Å². The Morgan fingerprint density at radius 1 is 1.45 bits per heavy atom. The van der Waals surface area contributed by atoms with Crippen molar-refractivity contribution in [3.05, 3.63) is 38.8 Å². The van der Waals surface area contributed by atoms with Crippen LogP contribution in [0.15, 0.2) is 33.3 Å². The van der Waals surface area contributed by atoms with E-state index in [2.05, 4.69) is 28.1 Å². The minimum absolute atomic E-state index is 0.145. The number of thioether (sulfide) groups is 1. The zero-order valence-electron chi connectivity index (χ0n) is 11.8. The lowest BCUT2D eigenvalue weighted by molar-refractivity contribution is 0.334. The van der Waals surface area contributed by atoms with Crippen molar-refractivity contribution in [1.82, 2.24) is 0 Å². The van der Waals surface area contributed by atoms with E-state index in [0.717, 1.165) is 16.2 Å². The van der Waals surface area contributed by atoms with Gasteiger partial charge in [-0.15, -0.1) is 0 Å². The summed E-state index contributed by atoms with van der Waals surface area (Å²) in [5.41, 5.74) is 6.90. The monoisotopic (exact) mass is 376 g/mol. The van der Waals surface area contributed by atoms with Crippen LogP contribution in [0.25, 0.3) is 0 Å². The fraction of sp³-hybridized carbons (Fsp3) is 0.267. The molecule has 7 heteroatoms. The Kier molecular flexibility index (Phi) is 5.12. The van der Waals surface area contributed by atoms with Gasteiger partial charge in [0.1, 0.15) is 11.7 Å². The van der Waals surface area contributed by atoms with Gasteiger partial charge in [-0.05, 0) is 25.1 Å². The maximum absolute atomic E-state index is 9.45. The number of benzene rings is 1. The van der Waals surface area contributed by atoms with Gasteiger partial charge in [0.05, 0.1) is 34.4 Å². The van der Waals surface area contributed by atoms with Gasteiger partial charge in [-0.1, -0.05) is 27.7 Å². The Hall–Kier alpha value is -1.96. The standard InChI is InChI=1S/C15H13BrN4OS/c1-2-21-12-4-3-8(16)5-9(12)13-10(6-17)14(19)22-15(20)11(13)7-18/h3-5,10,13,19H,2,20H2,1H3/t10-,13-/m1/s1. The van der Waals surface area contributed by atoms with Gasteiger partial charge in [0.15, 0.2) is 0 Å². The lowest BCUT2D eigenvalue weighted by atomic mass is 9.81. The summed E-state index contributed by atoms with van der Waals surface area (Å²) in [5, 5.41) is 27.3. The van der Waals surface area contributed by atoms with Crippen LogP contribution in [-0.2, 0) is 0 Å². The lowest BCUT2D eigenvalue weighted by Crippen LogP contribution is -2.27. The molecule has 0 saturated carbocycles. The summed E-state index contributed by atoms with van der Waals surface area (Å²) in [6, 6.07) is 9.64. The van der Waals surface area contributed by atoms with E-state index in [-0.39, 0.29) is 10.1 Å². The number of hydrogen-bond donors (Lipinski definition) is 2. The van der Waals surface area contributed by atoms with Crippen LogP contribution in [0.5, 0.6) is 5.75 Å². The van der Waals surface area contributed by atoms with Gasteiger partial charge >= 0.3 is 0 Å². The third-order valence-corrected chi connectivity index (χ3v) is 4.69. The largest absolute Gasteiger partial charge is 0.494 e. The fourth-order valence-electron chi connectivity index (χ4n) is 2.35. The number of allylic oxidation sites excluding steroid dienone is 1. The highest BCUT2D eigenvalue weighted by atomic mass is 79.9. The van der Waals surface area contributed by atoms with Crippen molar-refractivity contribution in [2.24, 2.45) is 11.7 Å². The summed E-state index contributed by atoms with van der Waals surface area (Å²) in [5.74, 6) is -0.751. The van der Waals surface area contributed by atoms with Crippen molar-refractivity contribution in [3.63, 3.8) is 0 Å². The third kappa shape index (κ3) is 2.96. The number of rotatable bonds is 3. The molecule has 0 aromatic heterocycles. The number of ether oxygens (including phenoxy) is 1. The van der Waals surface area contributed by atoms with Crippen LogP contribution in [0.4, 0.5) is 0 Å². The van der Waals surface area contributed by atoms with E-state index >= 15 is 0 Å². The van der Waals surface area contributed by atoms with Crippen LogP contribution < -0.4 is 10.5 Å². The minimum Gasteiger partial charge on any atom is -0.494 e. The molecule has 5 nitrogen and oxygen atoms in total. The number of nitriles is 2. The Morgan fingerprint density at radius 2 is 2.18 bits per heavy atom. The number of nitrogens with zero attached hydrogens (tertiary/aromatic N) is 2. The van der Waals surface area contributed by atoms with Crippen molar-refractivity contribution in [2.45, 2.75) is 12.8 Å². The van der Waals surface area contributed by atoms with Gasteiger partial charge in [0.2, 0.25) is 0 Å². The van der Waals surface area contributed by atoms with Gasteiger partial charge in [-0.3, -0.25) is 5.41 Å². The first kappa shape index (κ1) is 16.4. The van der Waals surface area contributed by atoms with Gasteiger partial charge in [0, 0.05) is 16.0 Å². The average Bonchev–Trinajstić information content (AvgIpc) is 2.48. The summed E-state index contributed by atoms with van der Waals surface area (Å²) >= 11 is 4.37. The van der Waals surface area contributed by atoms with Crippen molar-refractivity contribution in [3.8, 4) is 17.9 Å². The van der Waals surface area contributed by atoms with Gasteiger partial charge in [0.25, 0.3) is 0 Å². The summed E-state index contributed by atoms with van der Waals surface area (Å²) in [7, 11) is 0. The summed E-state index contributed by atoms with van der Waals surface area (Å²) in [6.07, 6.45) is 0. The Morgan fingerprint density at radius 3 is 2.77 bits per heavy atom. The molecular formula is C15H13BrN4OS. The van der Waals surface area contributed by atoms with Crippen LogP contribution in [0.3, 0.4) is 0 Å². The molecule has 0 fully saturated rings. The van der Waals surface area contributed by atoms with Crippen molar-refractivity contribution in [2.75, 3.05) is 6.61 Å². The molecule has 0 saturated heterocycles. The molecule has 1 aromatic rings. The molecule has 0 amide bonds. The first-order chi connectivity index (χ1) is 10.5. The molecule has 112 valence electrons. The summed E-state index contributed by atoms with van der Waals surface area (Å²) in [6.45, 7) is 2.33. The molecule has 1 heterocycles. The quantitative estimate of drug-likeness (QED) is 0.839. The second-order valence-corrected chi connectivity index (χ2v) is 6.56. The first-order valence-electron chi connectivity index (χ1n) is 6.51. The molecule has 1 aromatic carbocycles. The zero-order valence-corrected chi connectivity index (χ0v) is 14.2. The normalized spacial score (nSPS) is 21.2. The molecule has 3 N–H and O–H groups in total. The minimum atomic E-state index is -0.750. The topological polar surface area (TPSA) is 107 Å². The number of nitrogens with one attached hydrogen (secondary N) is 1.